The minimum atomic E-state index is 0.117. The molecule has 0 aliphatic carbocycles. The van der Waals surface area contributed by atoms with Crippen LogP contribution in [0.3, 0.4) is 0 Å². The van der Waals surface area contributed by atoms with Crippen LogP contribution < -0.4 is 9.80 Å². The number of benzene rings is 1. The van der Waals surface area contributed by atoms with Crippen molar-refractivity contribution >= 4 is 22.0 Å². The van der Waals surface area contributed by atoms with Crippen LogP contribution in [0.2, 0.25) is 0 Å². The monoisotopic (exact) mass is 301 g/mol. The third-order valence-corrected chi connectivity index (χ3v) is 4.83. The molecule has 0 atom stereocenters. The zero-order valence-electron chi connectivity index (χ0n) is 13.0. The molecule has 0 saturated carbocycles. The van der Waals surface area contributed by atoms with Crippen molar-refractivity contribution in [3.8, 4) is 0 Å². The van der Waals surface area contributed by atoms with Crippen LogP contribution >= 0.6 is 11.3 Å². The third-order valence-electron chi connectivity index (χ3n) is 3.95. The normalized spacial score (nSPS) is 16.3. The van der Waals surface area contributed by atoms with Crippen LogP contribution in [0.5, 0.6) is 0 Å². The van der Waals surface area contributed by atoms with Gasteiger partial charge in [0.1, 0.15) is 5.00 Å². The van der Waals surface area contributed by atoms with Gasteiger partial charge in [0.2, 0.25) is 0 Å². The number of nitrogens with zero attached hydrogens (tertiary/aromatic N) is 3. The molecular formula is C17H23N3S. The van der Waals surface area contributed by atoms with Crippen LogP contribution in [0.4, 0.5) is 10.7 Å². The summed E-state index contributed by atoms with van der Waals surface area (Å²) in [7, 11) is 0. The van der Waals surface area contributed by atoms with Crippen molar-refractivity contribution in [1.82, 2.24) is 4.98 Å². The fourth-order valence-corrected chi connectivity index (χ4v) is 3.85. The molecule has 1 aromatic heterocycles. The highest BCUT2D eigenvalue weighted by Crippen LogP contribution is 2.35. The summed E-state index contributed by atoms with van der Waals surface area (Å²) in [5, 5.41) is 1.36. The lowest BCUT2D eigenvalue weighted by molar-refractivity contribution is 0.565. The zero-order chi connectivity index (χ0) is 14.9. The van der Waals surface area contributed by atoms with Crippen LogP contribution in [0, 0.1) is 0 Å². The van der Waals surface area contributed by atoms with Gasteiger partial charge in [-0.05, 0) is 12.1 Å². The second-order valence-corrected chi connectivity index (χ2v) is 7.40. The molecule has 4 heteroatoms. The molecule has 3 nitrogen and oxygen atoms in total. The summed E-state index contributed by atoms with van der Waals surface area (Å²) in [5.41, 5.74) is 4.67. The van der Waals surface area contributed by atoms with Gasteiger partial charge in [-0.3, -0.25) is 0 Å². The van der Waals surface area contributed by atoms with Gasteiger partial charge in [0.05, 0.1) is 11.2 Å². The lowest BCUT2D eigenvalue weighted by Crippen LogP contribution is -2.46. The molecule has 3 rings (SSSR count). The lowest BCUT2D eigenvalue weighted by Gasteiger charge is -2.37. The van der Waals surface area contributed by atoms with Gasteiger partial charge in [0.25, 0.3) is 0 Å². The Hall–Kier alpha value is -1.55. The highest BCUT2D eigenvalue weighted by molar-refractivity contribution is 7.14. The van der Waals surface area contributed by atoms with E-state index in [4.69, 9.17) is 0 Å². The predicted octanol–water partition coefficient (Wildman–Crippen LogP) is 3.77. The number of rotatable bonds is 2. The van der Waals surface area contributed by atoms with E-state index in [-0.39, 0.29) is 5.41 Å². The molecule has 2 aromatic rings. The van der Waals surface area contributed by atoms with Gasteiger partial charge in [-0.1, -0.05) is 39.0 Å². The third kappa shape index (κ3) is 3.05. The van der Waals surface area contributed by atoms with Crippen LogP contribution in [0.1, 0.15) is 26.5 Å². The van der Waals surface area contributed by atoms with E-state index >= 15 is 0 Å². The molecule has 0 unspecified atom stereocenters. The summed E-state index contributed by atoms with van der Waals surface area (Å²) >= 11 is 1.78. The Morgan fingerprint density at radius 2 is 1.57 bits per heavy atom. The molecule has 2 heterocycles. The van der Waals surface area contributed by atoms with Gasteiger partial charge in [0.15, 0.2) is 0 Å². The summed E-state index contributed by atoms with van der Waals surface area (Å²) in [5.74, 6) is 0. The van der Waals surface area contributed by atoms with Crippen molar-refractivity contribution in [2.24, 2.45) is 0 Å². The molecule has 1 aliphatic rings. The van der Waals surface area contributed by atoms with Crippen molar-refractivity contribution < 1.29 is 0 Å². The second kappa shape index (κ2) is 5.68. The van der Waals surface area contributed by atoms with Crippen LogP contribution in [0.25, 0.3) is 0 Å². The van der Waals surface area contributed by atoms with E-state index in [9.17, 15) is 0 Å². The largest absolute Gasteiger partial charge is 0.368 e. The summed E-state index contributed by atoms with van der Waals surface area (Å²) in [6, 6.07) is 10.7. The molecule has 1 aromatic carbocycles. The maximum atomic E-state index is 4.60. The maximum absolute atomic E-state index is 4.60. The number of piperazine rings is 1. The molecule has 0 bridgehead atoms. The number of para-hydroxylation sites is 1. The minimum Gasteiger partial charge on any atom is -0.368 e. The van der Waals surface area contributed by atoms with Crippen molar-refractivity contribution in [3.63, 3.8) is 0 Å². The molecule has 112 valence electrons. The number of anilines is 2. The molecule has 1 aliphatic heterocycles. The van der Waals surface area contributed by atoms with E-state index in [0.29, 0.717) is 0 Å². The summed E-state index contributed by atoms with van der Waals surface area (Å²) in [4.78, 5) is 9.57. The highest BCUT2D eigenvalue weighted by atomic mass is 32.1. The average molecular weight is 301 g/mol. The van der Waals surface area contributed by atoms with E-state index < -0.39 is 0 Å². The Morgan fingerprint density at radius 3 is 2.19 bits per heavy atom. The first-order chi connectivity index (χ1) is 10.1. The van der Waals surface area contributed by atoms with E-state index in [1.807, 2.05) is 5.51 Å². The molecule has 21 heavy (non-hydrogen) atoms. The summed E-state index contributed by atoms with van der Waals surface area (Å²) < 4.78 is 0. The van der Waals surface area contributed by atoms with E-state index in [1.54, 1.807) is 11.3 Å². The Balaban J connectivity index is 1.71. The van der Waals surface area contributed by atoms with Gasteiger partial charge in [0, 0.05) is 37.3 Å². The zero-order valence-corrected chi connectivity index (χ0v) is 13.9. The maximum Gasteiger partial charge on any atom is 0.115 e. The van der Waals surface area contributed by atoms with Crippen molar-refractivity contribution in [2.75, 3.05) is 36.0 Å². The van der Waals surface area contributed by atoms with Crippen LogP contribution in [-0.2, 0) is 5.41 Å². The topological polar surface area (TPSA) is 19.4 Å². The first-order valence-electron chi connectivity index (χ1n) is 7.54. The average Bonchev–Trinajstić information content (AvgIpc) is 2.98. The molecule has 1 saturated heterocycles. The lowest BCUT2D eigenvalue weighted by atomic mass is 9.92. The highest BCUT2D eigenvalue weighted by Gasteiger charge is 2.26. The molecule has 0 radical (unpaired) electrons. The van der Waals surface area contributed by atoms with Gasteiger partial charge in [-0.15, -0.1) is 11.3 Å². The number of hydrogen-bond donors (Lipinski definition) is 0. The SMILES string of the molecule is CC(C)(C)c1ncsc1N1CCN(c2ccccc2)CC1. The second-order valence-electron chi connectivity index (χ2n) is 6.57. The molecule has 0 spiro atoms. The Morgan fingerprint density at radius 1 is 0.952 bits per heavy atom. The van der Waals surface area contributed by atoms with Gasteiger partial charge < -0.3 is 9.80 Å². The van der Waals surface area contributed by atoms with E-state index in [1.165, 1.54) is 16.4 Å². The Kier molecular flexibility index (Phi) is 3.89. The fourth-order valence-electron chi connectivity index (χ4n) is 2.79. The molecular weight excluding hydrogens is 278 g/mol. The van der Waals surface area contributed by atoms with Crippen molar-refractivity contribution in [1.29, 1.82) is 0 Å². The minimum absolute atomic E-state index is 0.117. The van der Waals surface area contributed by atoms with Gasteiger partial charge in [-0.25, -0.2) is 4.98 Å². The van der Waals surface area contributed by atoms with E-state index in [2.05, 4.69) is 65.9 Å². The van der Waals surface area contributed by atoms with Crippen molar-refractivity contribution in [2.45, 2.75) is 26.2 Å². The fraction of sp³-hybridized carbons (Fsp3) is 0.471. The predicted molar refractivity (Wildman–Crippen MR) is 91.7 cm³/mol. The summed E-state index contributed by atoms with van der Waals surface area (Å²) in [6.07, 6.45) is 0. The van der Waals surface area contributed by atoms with E-state index in [0.717, 1.165) is 26.2 Å². The van der Waals surface area contributed by atoms with Gasteiger partial charge >= 0.3 is 0 Å². The summed E-state index contributed by atoms with van der Waals surface area (Å²) in [6.45, 7) is 11.0. The Labute approximate surface area is 131 Å². The Bertz CT molecular complexity index is 578. The van der Waals surface area contributed by atoms with Crippen LogP contribution in [0.15, 0.2) is 35.8 Å². The number of hydrogen-bond acceptors (Lipinski definition) is 4. The molecule has 1 fully saturated rings. The van der Waals surface area contributed by atoms with Crippen LogP contribution in [-0.4, -0.2) is 31.2 Å². The number of thiazole rings is 1. The first kappa shape index (κ1) is 14.4. The van der Waals surface area contributed by atoms with Gasteiger partial charge in [-0.2, -0.15) is 0 Å². The molecule has 0 amide bonds. The number of aromatic nitrogens is 1. The first-order valence-corrected chi connectivity index (χ1v) is 8.42. The standard InChI is InChI=1S/C17H23N3S/c1-17(2,3)15-16(21-13-18-15)20-11-9-19(10-12-20)14-7-5-4-6-8-14/h4-8,13H,9-12H2,1-3H3. The molecule has 0 N–H and O–H groups in total. The quantitative estimate of drug-likeness (QED) is 0.842. The smallest absolute Gasteiger partial charge is 0.115 e. The van der Waals surface area contributed by atoms with Crippen molar-refractivity contribution in [3.05, 3.63) is 41.5 Å².